The van der Waals surface area contributed by atoms with Gasteiger partial charge in [0.1, 0.15) is 6.23 Å². The van der Waals surface area contributed by atoms with Crippen LogP contribution >= 0.6 is 0 Å². The van der Waals surface area contributed by atoms with E-state index in [2.05, 4.69) is 41.5 Å². The largest absolute Gasteiger partial charge is 0.359 e. The summed E-state index contributed by atoms with van der Waals surface area (Å²) in [6.45, 7) is 5.62. The second-order valence-corrected chi connectivity index (χ2v) is 4.25. The summed E-state index contributed by atoms with van der Waals surface area (Å²) < 4.78 is 5.44. The lowest BCUT2D eigenvalue weighted by atomic mass is 10.1. The van der Waals surface area contributed by atoms with Crippen molar-refractivity contribution in [3.8, 4) is 0 Å². The number of hydrazine groups is 1. The molecule has 0 spiro atoms. The first-order valence-electron chi connectivity index (χ1n) is 5.63. The van der Waals surface area contributed by atoms with Crippen molar-refractivity contribution in [2.75, 3.05) is 19.7 Å². The molecule has 1 unspecified atom stereocenters. The molecule has 3 N–H and O–H groups in total. The Labute approximate surface area is 96.3 Å². The van der Waals surface area contributed by atoms with Crippen molar-refractivity contribution in [3.05, 3.63) is 35.4 Å². The second-order valence-electron chi connectivity index (χ2n) is 4.25. The van der Waals surface area contributed by atoms with Crippen LogP contribution < -0.4 is 11.3 Å². The Hall–Kier alpha value is -0.940. The molecule has 0 aliphatic carbocycles. The highest BCUT2D eigenvalue weighted by Gasteiger charge is 2.18. The lowest BCUT2D eigenvalue weighted by Crippen LogP contribution is -2.51. The zero-order valence-corrected chi connectivity index (χ0v) is 9.65. The molecule has 1 aliphatic rings. The van der Waals surface area contributed by atoms with Crippen molar-refractivity contribution in [2.24, 2.45) is 5.84 Å². The summed E-state index contributed by atoms with van der Waals surface area (Å²) in [6.07, 6.45) is -0.0430. The predicted molar refractivity (Wildman–Crippen MR) is 63.5 cm³/mol. The molecule has 1 atom stereocenters. The van der Waals surface area contributed by atoms with E-state index < -0.39 is 0 Å². The second kappa shape index (κ2) is 5.41. The number of nitrogens with one attached hydrogen (secondary N) is 1. The Balaban J connectivity index is 1.94. The molecule has 1 aliphatic heterocycles. The van der Waals surface area contributed by atoms with Crippen LogP contribution in [0, 0.1) is 6.92 Å². The molecule has 0 saturated carbocycles. The number of hydrogen-bond donors (Lipinski definition) is 2. The van der Waals surface area contributed by atoms with E-state index in [-0.39, 0.29) is 6.23 Å². The molecule has 1 aromatic carbocycles. The highest BCUT2D eigenvalue weighted by molar-refractivity contribution is 5.22. The van der Waals surface area contributed by atoms with E-state index in [0.717, 1.165) is 26.2 Å². The molecule has 1 fully saturated rings. The highest BCUT2D eigenvalue weighted by atomic mass is 16.5. The summed E-state index contributed by atoms with van der Waals surface area (Å²) in [6, 6.07) is 8.60. The van der Waals surface area contributed by atoms with Gasteiger partial charge < -0.3 is 4.74 Å². The molecule has 0 radical (unpaired) electrons. The fraction of sp³-hybridized carbons (Fsp3) is 0.500. The van der Waals surface area contributed by atoms with Gasteiger partial charge in [0.2, 0.25) is 0 Å². The van der Waals surface area contributed by atoms with Gasteiger partial charge in [0.15, 0.2) is 0 Å². The topological polar surface area (TPSA) is 50.5 Å². The van der Waals surface area contributed by atoms with Crippen LogP contribution in [0.5, 0.6) is 0 Å². The van der Waals surface area contributed by atoms with Gasteiger partial charge in [-0.05, 0) is 12.5 Å². The third-order valence-corrected chi connectivity index (χ3v) is 2.83. The number of rotatable bonds is 3. The number of nitrogens with zero attached hydrogens (tertiary/aromatic N) is 1. The standard InChI is InChI=1S/C12H19N3O/c1-10-3-2-4-11(7-10)8-15-5-6-16-12(9-15)14-13/h2-4,7,12,14H,5-6,8-9,13H2,1H3. The maximum absolute atomic E-state index is 5.44. The lowest BCUT2D eigenvalue weighted by Gasteiger charge is -2.32. The summed E-state index contributed by atoms with van der Waals surface area (Å²) in [5.74, 6) is 5.38. The minimum absolute atomic E-state index is 0.0430. The van der Waals surface area contributed by atoms with E-state index in [1.54, 1.807) is 0 Å². The van der Waals surface area contributed by atoms with Crippen LogP contribution in [0.25, 0.3) is 0 Å². The first-order chi connectivity index (χ1) is 7.78. The fourth-order valence-electron chi connectivity index (χ4n) is 2.02. The number of hydrogen-bond acceptors (Lipinski definition) is 4. The number of ether oxygens (including phenoxy) is 1. The summed E-state index contributed by atoms with van der Waals surface area (Å²) in [7, 11) is 0. The monoisotopic (exact) mass is 221 g/mol. The molecule has 16 heavy (non-hydrogen) atoms. The summed E-state index contributed by atoms with van der Waals surface area (Å²) >= 11 is 0. The molecular weight excluding hydrogens is 202 g/mol. The maximum atomic E-state index is 5.44. The average Bonchev–Trinajstić information content (AvgIpc) is 2.29. The van der Waals surface area contributed by atoms with Gasteiger partial charge in [-0.1, -0.05) is 29.8 Å². The molecule has 2 rings (SSSR count). The number of benzene rings is 1. The highest BCUT2D eigenvalue weighted by Crippen LogP contribution is 2.10. The quantitative estimate of drug-likeness (QED) is 0.580. The Morgan fingerprint density at radius 2 is 2.44 bits per heavy atom. The van der Waals surface area contributed by atoms with Crippen molar-refractivity contribution >= 4 is 0 Å². The Morgan fingerprint density at radius 3 is 3.19 bits per heavy atom. The molecule has 0 aromatic heterocycles. The van der Waals surface area contributed by atoms with E-state index in [0.29, 0.717) is 0 Å². The van der Waals surface area contributed by atoms with Gasteiger partial charge in [0.25, 0.3) is 0 Å². The van der Waals surface area contributed by atoms with Crippen molar-refractivity contribution in [2.45, 2.75) is 19.7 Å². The van der Waals surface area contributed by atoms with Gasteiger partial charge in [-0.15, -0.1) is 0 Å². The van der Waals surface area contributed by atoms with Crippen LogP contribution in [0.15, 0.2) is 24.3 Å². The summed E-state index contributed by atoms with van der Waals surface area (Å²) in [5.41, 5.74) is 5.32. The van der Waals surface area contributed by atoms with E-state index in [1.165, 1.54) is 11.1 Å². The van der Waals surface area contributed by atoms with Crippen LogP contribution in [0.1, 0.15) is 11.1 Å². The maximum Gasteiger partial charge on any atom is 0.133 e. The zero-order chi connectivity index (χ0) is 11.4. The molecule has 0 bridgehead atoms. The minimum atomic E-state index is -0.0430. The van der Waals surface area contributed by atoms with Crippen molar-refractivity contribution in [1.29, 1.82) is 0 Å². The molecule has 0 amide bonds. The Bertz CT molecular complexity index is 343. The minimum Gasteiger partial charge on any atom is -0.359 e. The van der Waals surface area contributed by atoms with Gasteiger partial charge in [-0.25, -0.2) is 5.43 Å². The van der Waals surface area contributed by atoms with Gasteiger partial charge in [0, 0.05) is 19.6 Å². The lowest BCUT2D eigenvalue weighted by molar-refractivity contribution is -0.0480. The smallest absolute Gasteiger partial charge is 0.133 e. The van der Waals surface area contributed by atoms with Crippen LogP contribution in [0.2, 0.25) is 0 Å². The Kier molecular flexibility index (Phi) is 3.90. The molecule has 1 aromatic rings. The SMILES string of the molecule is Cc1cccc(CN2CCOC(NN)C2)c1. The van der Waals surface area contributed by atoms with Crippen LogP contribution in [-0.2, 0) is 11.3 Å². The number of aryl methyl sites for hydroxylation is 1. The van der Waals surface area contributed by atoms with Crippen LogP contribution in [0.4, 0.5) is 0 Å². The average molecular weight is 221 g/mol. The summed E-state index contributed by atoms with van der Waals surface area (Å²) in [4.78, 5) is 2.35. The van der Waals surface area contributed by atoms with Gasteiger partial charge >= 0.3 is 0 Å². The van der Waals surface area contributed by atoms with E-state index >= 15 is 0 Å². The molecule has 4 nitrogen and oxygen atoms in total. The molecule has 1 heterocycles. The van der Waals surface area contributed by atoms with Crippen LogP contribution in [-0.4, -0.2) is 30.8 Å². The molecule has 1 saturated heterocycles. The van der Waals surface area contributed by atoms with Crippen molar-refractivity contribution in [3.63, 3.8) is 0 Å². The molecule has 88 valence electrons. The molecular formula is C12H19N3O. The third-order valence-electron chi connectivity index (χ3n) is 2.83. The first kappa shape index (κ1) is 11.5. The number of nitrogens with two attached hydrogens (primary N) is 1. The number of morpholine rings is 1. The Morgan fingerprint density at radius 1 is 1.56 bits per heavy atom. The fourth-order valence-corrected chi connectivity index (χ4v) is 2.02. The first-order valence-corrected chi connectivity index (χ1v) is 5.63. The zero-order valence-electron chi connectivity index (χ0n) is 9.65. The molecule has 4 heteroatoms. The summed E-state index contributed by atoms with van der Waals surface area (Å²) in [5, 5.41) is 0. The van der Waals surface area contributed by atoms with Crippen LogP contribution in [0.3, 0.4) is 0 Å². The predicted octanol–water partition coefficient (Wildman–Crippen LogP) is 0.617. The van der Waals surface area contributed by atoms with Gasteiger partial charge in [-0.2, -0.15) is 0 Å². The van der Waals surface area contributed by atoms with E-state index in [9.17, 15) is 0 Å². The van der Waals surface area contributed by atoms with Crippen molar-refractivity contribution in [1.82, 2.24) is 10.3 Å². The van der Waals surface area contributed by atoms with Gasteiger partial charge in [0.05, 0.1) is 6.61 Å². The van der Waals surface area contributed by atoms with Gasteiger partial charge in [-0.3, -0.25) is 10.7 Å². The third kappa shape index (κ3) is 3.02. The van der Waals surface area contributed by atoms with E-state index in [4.69, 9.17) is 10.6 Å². The van der Waals surface area contributed by atoms with E-state index in [1.807, 2.05) is 0 Å². The normalized spacial score (nSPS) is 22.2. The van der Waals surface area contributed by atoms with Crippen molar-refractivity contribution < 1.29 is 4.74 Å².